The highest BCUT2D eigenvalue weighted by Crippen LogP contribution is 2.17. The fourth-order valence-corrected chi connectivity index (χ4v) is 3.59. The van der Waals surface area contributed by atoms with Crippen molar-refractivity contribution in [1.29, 1.82) is 0 Å². The lowest BCUT2D eigenvalue weighted by Crippen LogP contribution is -2.35. The van der Waals surface area contributed by atoms with Crippen molar-refractivity contribution >= 4 is 33.2 Å². The Bertz CT molecular complexity index is 407. The van der Waals surface area contributed by atoms with Gasteiger partial charge in [-0.3, -0.25) is 4.79 Å². The van der Waals surface area contributed by atoms with E-state index in [1.165, 1.54) is 0 Å². The van der Waals surface area contributed by atoms with E-state index in [4.69, 9.17) is 0 Å². The summed E-state index contributed by atoms with van der Waals surface area (Å²) >= 11 is 5.08. The van der Waals surface area contributed by atoms with Gasteiger partial charge in [0.05, 0.1) is 5.56 Å². The second-order valence-corrected chi connectivity index (χ2v) is 6.18. The summed E-state index contributed by atoms with van der Waals surface area (Å²) < 4.78 is 0. The molecule has 3 nitrogen and oxygen atoms in total. The summed E-state index contributed by atoms with van der Waals surface area (Å²) in [7, 11) is 0. The summed E-state index contributed by atoms with van der Waals surface area (Å²) in [4.78, 5) is 16.8. The van der Waals surface area contributed by atoms with Crippen LogP contribution in [-0.4, -0.2) is 53.8 Å². The van der Waals surface area contributed by atoms with Crippen molar-refractivity contribution in [1.82, 2.24) is 9.80 Å². The third kappa shape index (κ3) is 3.33. The molecule has 0 aliphatic carbocycles. The van der Waals surface area contributed by atoms with Crippen LogP contribution in [0.3, 0.4) is 0 Å². The minimum atomic E-state index is 0.203. The van der Waals surface area contributed by atoms with E-state index in [2.05, 4.69) is 20.8 Å². The number of carbonyl (C=O) groups excluding carboxylic acids is 1. The summed E-state index contributed by atoms with van der Waals surface area (Å²) in [6.07, 6.45) is 1.07. The maximum Gasteiger partial charge on any atom is 0.255 e. The van der Waals surface area contributed by atoms with Crippen LogP contribution in [0.15, 0.2) is 10.8 Å². The van der Waals surface area contributed by atoms with Crippen LogP contribution in [0.1, 0.15) is 22.3 Å². The van der Waals surface area contributed by atoms with E-state index in [-0.39, 0.29) is 5.91 Å². The number of nitrogens with zero attached hydrogens (tertiary/aromatic N) is 2. The zero-order valence-electron chi connectivity index (χ0n) is 10.7. The normalized spacial score (nSPS) is 17.8. The van der Waals surface area contributed by atoms with Gasteiger partial charge in [0.2, 0.25) is 0 Å². The molecule has 1 aliphatic rings. The first-order valence-electron chi connectivity index (χ1n) is 6.32. The van der Waals surface area contributed by atoms with Crippen LogP contribution >= 0.6 is 27.3 Å². The second-order valence-electron chi connectivity index (χ2n) is 4.64. The van der Waals surface area contributed by atoms with Crippen LogP contribution in [0.25, 0.3) is 0 Å². The Balaban J connectivity index is 1.98. The molecule has 0 saturated carbocycles. The van der Waals surface area contributed by atoms with Gasteiger partial charge >= 0.3 is 0 Å². The molecule has 0 N–H and O–H groups in total. The minimum absolute atomic E-state index is 0.203. The molecule has 18 heavy (non-hydrogen) atoms. The molecule has 0 unspecified atom stereocenters. The maximum absolute atomic E-state index is 12.4. The molecule has 100 valence electrons. The van der Waals surface area contributed by atoms with E-state index in [1.807, 2.05) is 22.6 Å². The molecule has 0 bridgehead atoms. The van der Waals surface area contributed by atoms with E-state index < -0.39 is 0 Å². The standard InChI is InChI=1S/C13H19BrN2OS/c1-11-9-18-10-12(11)13(17)16-5-2-4-15(6-3-14)7-8-16/h9-10H,2-8H2,1H3. The molecule has 1 aromatic heterocycles. The number of carbonyl (C=O) groups is 1. The lowest BCUT2D eigenvalue weighted by Gasteiger charge is -2.21. The van der Waals surface area contributed by atoms with E-state index in [0.717, 1.165) is 55.6 Å². The smallest absolute Gasteiger partial charge is 0.255 e. The Morgan fingerprint density at radius 2 is 2.17 bits per heavy atom. The minimum Gasteiger partial charge on any atom is -0.337 e. The van der Waals surface area contributed by atoms with Crippen LogP contribution in [0.5, 0.6) is 0 Å². The van der Waals surface area contributed by atoms with Gasteiger partial charge < -0.3 is 9.80 Å². The number of hydrogen-bond acceptors (Lipinski definition) is 3. The Labute approximate surface area is 121 Å². The van der Waals surface area contributed by atoms with Gasteiger partial charge in [-0.2, -0.15) is 11.3 Å². The van der Waals surface area contributed by atoms with Crippen molar-refractivity contribution in [2.24, 2.45) is 0 Å². The quantitative estimate of drug-likeness (QED) is 0.795. The van der Waals surface area contributed by atoms with Gasteiger partial charge in [-0.05, 0) is 30.8 Å². The summed E-state index contributed by atoms with van der Waals surface area (Å²) in [5, 5.41) is 5.02. The molecule has 1 fully saturated rings. The van der Waals surface area contributed by atoms with E-state index in [9.17, 15) is 4.79 Å². The Hall–Kier alpha value is -0.390. The van der Waals surface area contributed by atoms with Crippen molar-refractivity contribution in [2.75, 3.05) is 38.1 Å². The number of thiophene rings is 1. The lowest BCUT2D eigenvalue weighted by atomic mass is 10.2. The molecule has 1 aliphatic heterocycles. The van der Waals surface area contributed by atoms with E-state index in [1.54, 1.807) is 11.3 Å². The molecule has 0 aromatic carbocycles. The fraction of sp³-hybridized carbons (Fsp3) is 0.615. The third-order valence-corrected chi connectivity index (χ3v) is 4.58. The Morgan fingerprint density at radius 1 is 1.33 bits per heavy atom. The molecule has 2 heterocycles. The average Bonchev–Trinajstić information content (AvgIpc) is 2.64. The molecule has 2 rings (SSSR count). The highest BCUT2D eigenvalue weighted by molar-refractivity contribution is 9.09. The number of aryl methyl sites for hydroxylation is 1. The maximum atomic E-state index is 12.4. The van der Waals surface area contributed by atoms with Crippen molar-refractivity contribution < 1.29 is 4.79 Å². The monoisotopic (exact) mass is 330 g/mol. The van der Waals surface area contributed by atoms with Crippen LogP contribution in [-0.2, 0) is 0 Å². The first-order chi connectivity index (χ1) is 8.72. The fourth-order valence-electron chi connectivity index (χ4n) is 2.27. The Kier molecular flexibility index (Phi) is 5.21. The molecule has 1 amide bonds. The zero-order valence-corrected chi connectivity index (χ0v) is 13.1. The molecule has 1 saturated heterocycles. The van der Waals surface area contributed by atoms with Crippen molar-refractivity contribution in [3.63, 3.8) is 0 Å². The highest BCUT2D eigenvalue weighted by Gasteiger charge is 2.21. The largest absolute Gasteiger partial charge is 0.337 e. The SMILES string of the molecule is Cc1cscc1C(=O)N1CCCN(CCBr)CC1. The zero-order chi connectivity index (χ0) is 13.0. The third-order valence-electron chi connectivity index (χ3n) is 3.36. The van der Waals surface area contributed by atoms with Crippen molar-refractivity contribution in [3.05, 3.63) is 21.9 Å². The molecular formula is C13H19BrN2OS. The topological polar surface area (TPSA) is 23.6 Å². The van der Waals surface area contributed by atoms with E-state index >= 15 is 0 Å². The predicted molar refractivity (Wildman–Crippen MR) is 79.8 cm³/mol. The average molecular weight is 331 g/mol. The van der Waals surface area contributed by atoms with Gasteiger partial charge in [-0.15, -0.1) is 0 Å². The predicted octanol–water partition coefficient (Wildman–Crippen LogP) is 2.60. The molecular weight excluding hydrogens is 312 g/mol. The molecule has 5 heteroatoms. The summed E-state index contributed by atoms with van der Waals surface area (Å²) in [6, 6.07) is 0. The number of hydrogen-bond donors (Lipinski definition) is 0. The number of alkyl halides is 1. The van der Waals surface area contributed by atoms with Gasteiger partial charge in [0.25, 0.3) is 5.91 Å². The highest BCUT2D eigenvalue weighted by atomic mass is 79.9. The van der Waals surface area contributed by atoms with Crippen LogP contribution in [0.4, 0.5) is 0 Å². The summed E-state index contributed by atoms with van der Waals surface area (Å²) in [6.45, 7) is 6.89. The summed E-state index contributed by atoms with van der Waals surface area (Å²) in [5.74, 6) is 0.203. The van der Waals surface area contributed by atoms with Gasteiger partial charge in [0, 0.05) is 36.9 Å². The second kappa shape index (κ2) is 6.68. The first-order valence-corrected chi connectivity index (χ1v) is 8.39. The Morgan fingerprint density at radius 3 is 2.83 bits per heavy atom. The molecule has 0 spiro atoms. The summed E-state index contributed by atoms with van der Waals surface area (Å²) in [5.41, 5.74) is 1.99. The molecule has 1 aromatic rings. The molecule has 0 atom stereocenters. The van der Waals surface area contributed by atoms with Crippen molar-refractivity contribution in [3.8, 4) is 0 Å². The van der Waals surface area contributed by atoms with Crippen LogP contribution < -0.4 is 0 Å². The van der Waals surface area contributed by atoms with Crippen LogP contribution in [0.2, 0.25) is 0 Å². The number of halogens is 1. The van der Waals surface area contributed by atoms with E-state index in [0.29, 0.717) is 0 Å². The van der Waals surface area contributed by atoms with Crippen molar-refractivity contribution in [2.45, 2.75) is 13.3 Å². The first kappa shape index (κ1) is 14.0. The van der Waals surface area contributed by atoms with Gasteiger partial charge in [0.1, 0.15) is 0 Å². The number of amides is 1. The molecule has 0 radical (unpaired) electrons. The van der Waals surface area contributed by atoms with Gasteiger partial charge in [0.15, 0.2) is 0 Å². The van der Waals surface area contributed by atoms with Gasteiger partial charge in [-0.1, -0.05) is 15.9 Å². The van der Waals surface area contributed by atoms with Gasteiger partial charge in [-0.25, -0.2) is 0 Å². The number of rotatable bonds is 3. The lowest BCUT2D eigenvalue weighted by molar-refractivity contribution is 0.0761. The van der Waals surface area contributed by atoms with Crippen LogP contribution in [0, 0.1) is 6.92 Å².